The highest BCUT2D eigenvalue weighted by atomic mass is 32.2. The fourth-order valence-electron chi connectivity index (χ4n) is 2.23. The second-order valence-electron chi connectivity index (χ2n) is 6.77. The van der Waals surface area contributed by atoms with Crippen LogP contribution in [0.4, 0.5) is 5.88 Å². The van der Waals surface area contributed by atoms with Crippen LogP contribution in [-0.4, -0.2) is 33.7 Å². The van der Waals surface area contributed by atoms with Crippen molar-refractivity contribution in [1.82, 2.24) is 10.1 Å². The Balaban J connectivity index is 1.61. The van der Waals surface area contributed by atoms with Crippen molar-refractivity contribution in [3.63, 3.8) is 0 Å². The van der Waals surface area contributed by atoms with Gasteiger partial charge >= 0.3 is 0 Å². The summed E-state index contributed by atoms with van der Waals surface area (Å²) in [6.45, 7) is 6.09. The van der Waals surface area contributed by atoms with Crippen molar-refractivity contribution in [3.8, 4) is 5.88 Å². The molecule has 0 aliphatic carbocycles. The predicted molar refractivity (Wildman–Crippen MR) is 93.8 cm³/mol. The molecule has 1 aliphatic heterocycles. The first-order valence-corrected chi connectivity index (χ1v) is 9.06. The first-order chi connectivity index (χ1) is 11.4. The number of hydrogen-bond donors (Lipinski definition) is 1. The van der Waals surface area contributed by atoms with E-state index in [0.717, 1.165) is 23.6 Å². The van der Waals surface area contributed by atoms with Crippen LogP contribution in [0.2, 0.25) is 0 Å². The fraction of sp³-hybridized carbons (Fsp3) is 0.471. The van der Waals surface area contributed by atoms with Gasteiger partial charge in [-0.25, -0.2) is 4.98 Å². The maximum atomic E-state index is 12.2. The number of nitrogens with zero attached hydrogens (tertiary/aromatic N) is 2. The summed E-state index contributed by atoms with van der Waals surface area (Å²) in [6, 6.07) is 5.15. The molecule has 1 atom stereocenters. The van der Waals surface area contributed by atoms with Gasteiger partial charge < -0.3 is 9.26 Å². The summed E-state index contributed by atoms with van der Waals surface area (Å²) < 4.78 is 10.9. The van der Waals surface area contributed by atoms with Gasteiger partial charge in [0, 0.05) is 29.5 Å². The summed E-state index contributed by atoms with van der Waals surface area (Å²) in [6.07, 6.45) is 2.76. The molecule has 0 bridgehead atoms. The van der Waals surface area contributed by atoms with Gasteiger partial charge in [-0.05, 0) is 18.2 Å². The van der Waals surface area contributed by atoms with Gasteiger partial charge in [-0.2, -0.15) is 11.8 Å². The number of aromatic nitrogens is 2. The molecule has 0 saturated carbocycles. The highest BCUT2D eigenvalue weighted by molar-refractivity contribution is 7.99. The molecule has 2 aromatic rings. The first-order valence-electron chi connectivity index (χ1n) is 7.91. The lowest BCUT2D eigenvalue weighted by Crippen LogP contribution is -2.16. The topological polar surface area (TPSA) is 77.2 Å². The van der Waals surface area contributed by atoms with E-state index in [4.69, 9.17) is 9.26 Å². The van der Waals surface area contributed by atoms with Crippen molar-refractivity contribution in [2.75, 3.05) is 16.8 Å². The predicted octanol–water partition coefficient (Wildman–Crippen LogP) is 3.50. The summed E-state index contributed by atoms with van der Waals surface area (Å²) in [7, 11) is 0. The van der Waals surface area contributed by atoms with E-state index in [-0.39, 0.29) is 17.4 Å². The largest absolute Gasteiger partial charge is 0.473 e. The molecule has 7 heteroatoms. The van der Waals surface area contributed by atoms with Crippen LogP contribution in [0, 0.1) is 0 Å². The molecule has 1 unspecified atom stereocenters. The van der Waals surface area contributed by atoms with Crippen molar-refractivity contribution < 1.29 is 14.1 Å². The highest BCUT2D eigenvalue weighted by Crippen LogP contribution is 2.24. The number of amides is 1. The lowest BCUT2D eigenvalue weighted by molar-refractivity contribution is 0.102. The van der Waals surface area contributed by atoms with Crippen molar-refractivity contribution in [2.45, 2.75) is 38.7 Å². The summed E-state index contributed by atoms with van der Waals surface area (Å²) in [4.78, 5) is 16.5. The molecule has 0 aromatic carbocycles. The van der Waals surface area contributed by atoms with Gasteiger partial charge in [0.25, 0.3) is 5.91 Å². The molecule has 3 rings (SSSR count). The summed E-state index contributed by atoms with van der Waals surface area (Å²) in [5.74, 6) is 2.70. The number of carbonyl (C=O) groups is 1. The fourth-order valence-corrected chi connectivity index (χ4v) is 3.33. The van der Waals surface area contributed by atoms with Gasteiger partial charge in [0.15, 0.2) is 0 Å². The third kappa shape index (κ3) is 4.08. The van der Waals surface area contributed by atoms with Crippen LogP contribution in [0.15, 0.2) is 28.9 Å². The molecule has 1 N–H and O–H groups in total. The zero-order chi connectivity index (χ0) is 17.2. The maximum Gasteiger partial charge on any atom is 0.259 e. The Morgan fingerprint density at radius 3 is 2.83 bits per heavy atom. The molecule has 1 fully saturated rings. The van der Waals surface area contributed by atoms with Crippen molar-refractivity contribution >= 4 is 23.6 Å². The minimum Gasteiger partial charge on any atom is -0.473 e. The molecular formula is C17H21N3O3S. The Labute approximate surface area is 145 Å². The normalized spacial score (nSPS) is 17.7. The molecule has 1 aliphatic rings. The van der Waals surface area contributed by atoms with Gasteiger partial charge in [-0.3, -0.25) is 10.1 Å². The van der Waals surface area contributed by atoms with Crippen molar-refractivity contribution in [1.29, 1.82) is 0 Å². The number of anilines is 1. The average Bonchev–Trinajstić information content (AvgIpc) is 3.19. The SMILES string of the molecule is CC(C)(C)c1cc(NC(=O)c2ccc(OC3CCSC3)nc2)on1. The summed E-state index contributed by atoms with van der Waals surface area (Å²) >= 11 is 1.88. The van der Waals surface area contributed by atoms with E-state index in [2.05, 4.69) is 15.5 Å². The number of ether oxygens (including phenoxy) is 1. The number of rotatable bonds is 4. The molecule has 1 amide bonds. The van der Waals surface area contributed by atoms with Crippen LogP contribution in [-0.2, 0) is 5.41 Å². The Hall–Kier alpha value is -2.02. The number of nitrogens with one attached hydrogen (secondary N) is 1. The monoisotopic (exact) mass is 347 g/mol. The van der Waals surface area contributed by atoms with Gasteiger partial charge in [-0.15, -0.1) is 0 Å². The first kappa shape index (κ1) is 16.8. The highest BCUT2D eigenvalue weighted by Gasteiger charge is 2.20. The Morgan fingerprint density at radius 2 is 2.25 bits per heavy atom. The quantitative estimate of drug-likeness (QED) is 0.912. The Kier molecular flexibility index (Phi) is 4.80. The molecule has 3 heterocycles. The van der Waals surface area contributed by atoms with Crippen LogP contribution >= 0.6 is 11.8 Å². The lowest BCUT2D eigenvalue weighted by atomic mass is 9.92. The van der Waals surface area contributed by atoms with Gasteiger partial charge in [0.1, 0.15) is 6.10 Å². The number of thioether (sulfide) groups is 1. The molecule has 24 heavy (non-hydrogen) atoms. The van der Waals surface area contributed by atoms with Crippen LogP contribution in [0.25, 0.3) is 0 Å². The van der Waals surface area contributed by atoms with E-state index in [0.29, 0.717) is 17.3 Å². The van der Waals surface area contributed by atoms with Gasteiger partial charge in [-0.1, -0.05) is 25.9 Å². The van der Waals surface area contributed by atoms with Crippen LogP contribution in [0.1, 0.15) is 43.2 Å². The minimum atomic E-state index is -0.290. The van der Waals surface area contributed by atoms with E-state index in [1.165, 1.54) is 6.20 Å². The van der Waals surface area contributed by atoms with Gasteiger partial charge in [0.05, 0.1) is 11.3 Å². The van der Waals surface area contributed by atoms with Crippen molar-refractivity contribution in [3.05, 3.63) is 35.7 Å². The van der Waals surface area contributed by atoms with Gasteiger partial charge in [0.2, 0.25) is 11.8 Å². The van der Waals surface area contributed by atoms with Crippen molar-refractivity contribution in [2.24, 2.45) is 0 Å². The number of pyridine rings is 1. The van der Waals surface area contributed by atoms with E-state index in [9.17, 15) is 4.79 Å². The summed E-state index contributed by atoms with van der Waals surface area (Å²) in [5.41, 5.74) is 1.09. The minimum absolute atomic E-state index is 0.133. The molecule has 0 radical (unpaired) electrons. The van der Waals surface area contributed by atoms with Crippen LogP contribution in [0.5, 0.6) is 5.88 Å². The number of carbonyl (C=O) groups excluding carboxylic acids is 1. The molecule has 2 aromatic heterocycles. The van der Waals surface area contributed by atoms with E-state index in [1.54, 1.807) is 18.2 Å². The smallest absolute Gasteiger partial charge is 0.259 e. The van der Waals surface area contributed by atoms with E-state index in [1.807, 2.05) is 32.5 Å². The molecule has 0 spiro atoms. The standard InChI is InChI=1S/C17H21N3O3S/c1-17(2,3)13-8-15(23-20-13)19-16(21)11-4-5-14(18-9-11)22-12-6-7-24-10-12/h4-5,8-9,12H,6-7,10H2,1-3H3,(H,19,21). The summed E-state index contributed by atoms with van der Waals surface area (Å²) in [5, 5.41) is 6.67. The number of hydrogen-bond acceptors (Lipinski definition) is 6. The molecule has 6 nitrogen and oxygen atoms in total. The van der Waals surface area contributed by atoms with Crippen LogP contribution < -0.4 is 10.1 Å². The molecule has 128 valence electrons. The maximum absolute atomic E-state index is 12.2. The third-order valence-corrected chi connectivity index (χ3v) is 4.82. The van der Waals surface area contributed by atoms with E-state index >= 15 is 0 Å². The second-order valence-corrected chi connectivity index (χ2v) is 7.92. The lowest BCUT2D eigenvalue weighted by Gasteiger charge is -2.12. The Bertz CT molecular complexity index is 701. The Morgan fingerprint density at radius 1 is 1.42 bits per heavy atom. The zero-order valence-corrected chi connectivity index (χ0v) is 14.9. The average molecular weight is 347 g/mol. The zero-order valence-electron chi connectivity index (χ0n) is 14.0. The van der Waals surface area contributed by atoms with E-state index < -0.39 is 0 Å². The molecule has 1 saturated heterocycles. The third-order valence-electron chi connectivity index (χ3n) is 3.69. The van der Waals surface area contributed by atoms with Crippen LogP contribution in [0.3, 0.4) is 0 Å². The molecular weight excluding hydrogens is 326 g/mol. The second kappa shape index (κ2) is 6.84.